The van der Waals surface area contributed by atoms with Gasteiger partial charge < -0.3 is 13.9 Å². The smallest absolute Gasteiger partial charge is 0.509 e. The second-order valence-corrected chi connectivity index (χ2v) is 14.7. The number of ether oxygens (including phenoxy) is 1. The Bertz CT molecular complexity index is 2810. The van der Waals surface area contributed by atoms with E-state index in [-0.39, 0.29) is 21.1 Å². The van der Waals surface area contributed by atoms with Gasteiger partial charge in [-0.2, -0.15) is 17.2 Å². The summed E-state index contributed by atoms with van der Waals surface area (Å²) >= 11 is 0. The minimum Gasteiger partial charge on any atom is -0.509 e. The summed E-state index contributed by atoms with van der Waals surface area (Å²) in [6.07, 6.45) is 1.95. The molecule has 0 amide bonds. The molecule has 7 heteroatoms. The molecular weight excluding hydrogens is 846 g/mol. The van der Waals surface area contributed by atoms with Gasteiger partial charge in [0, 0.05) is 45.2 Å². The molecule has 4 heterocycles. The normalized spacial score (nSPS) is 11.8. The van der Waals surface area contributed by atoms with E-state index in [0.717, 1.165) is 55.9 Å². The van der Waals surface area contributed by atoms with Crippen LogP contribution in [0, 0.1) is 32.9 Å². The molecule has 0 unspecified atom stereocenters. The molecule has 9 rings (SSSR count). The number of benzene rings is 5. The summed E-state index contributed by atoms with van der Waals surface area (Å²) in [5, 5.41) is 9.41. The average Bonchev–Trinajstić information content (AvgIpc) is 3.79. The molecule has 0 N–H and O–H groups in total. The molecule has 0 saturated carbocycles. The van der Waals surface area contributed by atoms with Crippen LogP contribution in [0.4, 0.5) is 0 Å². The molecule has 4 aromatic heterocycles. The molecule has 9 aromatic rings. The van der Waals surface area contributed by atoms with Crippen LogP contribution in [-0.4, -0.2) is 23.9 Å². The standard InChI is InChI=1S/C47H41N5O.Pt/c1-28(2)36-16-11-18-40-41-19-12-17-37(29(3)4)46(41)51(45(36)40)42-23-24-48-47(32(42)7)50-43-20-9-8-15-38(43)39-22-21-35(27-44(39)50)53-34-14-10-13-33(26-34)52-31(6)25-30(5)49-52;/h8-25,28-29H,1-7H3;/q-2;+2. The average molecular weight is 887 g/mol. The maximum absolute atomic E-state index is 6.47. The van der Waals surface area contributed by atoms with Crippen molar-refractivity contribution in [1.29, 1.82) is 0 Å². The topological polar surface area (TPSA) is 49.8 Å². The second kappa shape index (κ2) is 13.8. The minimum atomic E-state index is 0. The quantitative estimate of drug-likeness (QED) is 0.150. The van der Waals surface area contributed by atoms with E-state index in [9.17, 15) is 0 Å². The Morgan fingerprint density at radius 3 is 1.94 bits per heavy atom. The van der Waals surface area contributed by atoms with Gasteiger partial charge in [0.05, 0.1) is 22.4 Å². The first-order chi connectivity index (χ1) is 25.7. The first-order valence-corrected chi connectivity index (χ1v) is 18.4. The summed E-state index contributed by atoms with van der Waals surface area (Å²) in [5.74, 6) is 2.75. The van der Waals surface area contributed by atoms with Gasteiger partial charge in [-0.25, -0.2) is 4.98 Å². The van der Waals surface area contributed by atoms with E-state index in [1.54, 1.807) is 0 Å². The van der Waals surface area contributed by atoms with Crippen molar-refractivity contribution in [3.05, 3.63) is 150 Å². The number of nitrogens with zero attached hydrogens (tertiary/aromatic N) is 5. The van der Waals surface area contributed by atoms with Crippen LogP contribution >= 0.6 is 0 Å². The molecule has 0 aliphatic heterocycles. The Morgan fingerprint density at radius 2 is 1.28 bits per heavy atom. The molecule has 0 radical (unpaired) electrons. The van der Waals surface area contributed by atoms with E-state index in [0.29, 0.717) is 23.3 Å². The Morgan fingerprint density at radius 1 is 0.630 bits per heavy atom. The summed E-state index contributed by atoms with van der Waals surface area (Å²) in [6.45, 7) is 15.4. The largest absolute Gasteiger partial charge is 2.00 e. The van der Waals surface area contributed by atoms with E-state index in [1.165, 1.54) is 32.9 Å². The number of aromatic nitrogens is 5. The molecule has 0 aliphatic rings. The van der Waals surface area contributed by atoms with E-state index in [2.05, 4.69) is 140 Å². The van der Waals surface area contributed by atoms with E-state index < -0.39 is 0 Å². The van der Waals surface area contributed by atoms with Crippen LogP contribution in [0.2, 0.25) is 0 Å². The molecule has 0 aliphatic carbocycles. The third-order valence-electron chi connectivity index (χ3n) is 10.5. The fourth-order valence-corrected chi connectivity index (χ4v) is 8.09. The zero-order valence-electron chi connectivity index (χ0n) is 31.5. The zero-order valence-corrected chi connectivity index (χ0v) is 33.8. The van der Waals surface area contributed by atoms with Gasteiger partial charge in [0.2, 0.25) is 0 Å². The monoisotopic (exact) mass is 886 g/mol. The van der Waals surface area contributed by atoms with Crippen molar-refractivity contribution in [1.82, 2.24) is 23.9 Å². The number of hydrogen-bond acceptors (Lipinski definition) is 3. The van der Waals surface area contributed by atoms with Gasteiger partial charge in [-0.05, 0) is 73.0 Å². The molecule has 0 atom stereocenters. The third kappa shape index (κ3) is 5.67. The van der Waals surface area contributed by atoms with Crippen molar-refractivity contribution in [3.63, 3.8) is 0 Å². The predicted molar refractivity (Wildman–Crippen MR) is 217 cm³/mol. The van der Waals surface area contributed by atoms with Crippen molar-refractivity contribution in [2.45, 2.75) is 60.3 Å². The van der Waals surface area contributed by atoms with Gasteiger partial charge in [-0.3, -0.25) is 4.68 Å². The number of aryl methyl sites for hydroxylation is 2. The van der Waals surface area contributed by atoms with Crippen LogP contribution < -0.4 is 4.74 Å². The van der Waals surface area contributed by atoms with Gasteiger partial charge in [0.25, 0.3) is 0 Å². The fraction of sp³-hybridized carbons (Fsp3) is 0.191. The van der Waals surface area contributed by atoms with E-state index >= 15 is 0 Å². The van der Waals surface area contributed by atoms with Crippen molar-refractivity contribution in [3.8, 4) is 28.7 Å². The number of pyridine rings is 1. The molecule has 0 saturated heterocycles. The third-order valence-corrected chi connectivity index (χ3v) is 10.5. The first kappa shape index (κ1) is 35.6. The molecular formula is C47H41N5OPt. The Labute approximate surface area is 330 Å². The van der Waals surface area contributed by atoms with Crippen molar-refractivity contribution in [2.24, 2.45) is 0 Å². The van der Waals surface area contributed by atoms with E-state index in [1.807, 2.05) is 49.0 Å². The molecule has 0 bridgehead atoms. The van der Waals surface area contributed by atoms with Crippen LogP contribution in [0.25, 0.3) is 60.8 Å². The van der Waals surface area contributed by atoms with Crippen LogP contribution in [0.3, 0.4) is 0 Å². The van der Waals surface area contributed by atoms with Gasteiger partial charge in [0.1, 0.15) is 5.82 Å². The molecule has 270 valence electrons. The van der Waals surface area contributed by atoms with Gasteiger partial charge in [-0.1, -0.05) is 87.8 Å². The van der Waals surface area contributed by atoms with Gasteiger partial charge in [0.15, 0.2) is 0 Å². The molecule has 6 nitrogen and oxygen atoms in total. The van der Waals surface area contributed by atoms with Gasteiger partial charge >= 0.3 is 21.1 Å². The summed E-state index contributed by atoms with van der Waals surface area (Å²) in [7, 11) is 0. The van der Waals surface area contributed by atoms with Gasteiger partial charge in [-0.15, -0.1) is 35.7 Å². The van der Waals surface area contributed by atoms with Crippen molar-refractivity contribution >= 4 is 43.6 Å². The summed E-state index contributed by atoms with van der Waals surface area (Å²) in [4.78, 5) is 5.11. The number of fused-ring (bicyclic) bond motifs is 6. The maximum Gasteiger partial charge on any atom is 2.00 e. The van der Waals surface area contributed by atoms with E-state index in [4.69, 9.17) is 9.72 Å². The Hall–Kier alpha value is -5.45. The Balaban J connectivity index is 0.00000413. The maximum atomic E-state index is 6.47. The van der Waals surface area contributed by atoms with Crippen molar-refractivity contribution < 1.29 is 25.8 Å². The summed E-state index contributed by atoms with van der Waals surface area (Å²) in [6, 6.07) is 43.3. The van der Waals surface area contributed by atoms with Crippen LogP contribution in [0.5, 0.6) is 11.5 Å². The number of hydrogen-bond donors (Lipinski definition) is 0. The predicted octanol–water partition coefficient (Wildman–Crippen LogP) is 12.0. The fourth-order valence-electron chi connectivity index (χ4n) is 8.09. The zero-order chi connectivity index (χ0) is 36.5. The van der Waals surface area contributed by atoms with Crippen LogP contribution in [0.15, 0.2) is 109 Å². The first-order valence-electron chi connectivity index (χ1n) is 18.4. The second-order valence-electron chi connectivity index (χ2n) is 14.7. The molecule has 5 aromatic carbocycles. The minimum absolute atomic E-state index is 0. The molecule has 54 heavy (non-hydrogen) atoms. The number of rotatable bonds is 7. The summed E-state index contributed by atoms with van der Waals surface area (Å²) < 4.78 is 13.1. The summed E-state index contributed by atoms with van der Waals surface area (Å²) in [5.41, 5.74) is 12.2. The number of para-hydroxylation sites is 3. The Kier molecular flexibility index (Phi) is 9.06. The van der Waals surface area contributed by atoms with Crippen molar-refractivity contribution in [2.75, 3.05) is 0 Å². The van der Waals surface area contributed by atoms with Crippen LogP contribution in [0.1, 0.15) is 67.6 Å². The van der Waals surface area contributed by atoms with Crippen LogP contribution in [-0.2, 0) is 21.1 Å². The molecule has 0 spiro atoms. The SMILES string of the molecule is Cc1cc(C)n(-c2[c-]c(Oc3[c-]c4c(cc3)c3ccccc3n4-c3nccc(-n4c5c(C(C)C)cccc5c5cccc(C(C)C)c54)c3C)ccc2)n1.[Pt+2]. The molecule has 0 fully saturated rings.